The highest BCUT2D eigenvalue weighted by molar-refractivity contribution is 9.10. The lowest BCUT2D eigenvalue weighted by molar-refractivity contribution is -0.127. The molecule has 16 heavy (non-hydrogen) atoms. The summed E-state index contributed by atoms with van der Waals surface area (Å²) in [5.41, 5.74) is 0. The Labute approximate surface area is 103 Å². The number of rotatable bonds is 2. The molecule has 1 aromatic heterocycles. The van der Waals surface area contributed by atoms with Crippen molar-refractivity contribution in [3.8, 4) is 0 Å². The highest BCUT2D eigenvalue weighted by atomic mass is 79.9. The van der Waals surface area contributed by atoms with E-state index in [9.17, 15) is 4.79 Å². The number of nitrogens with zero attached hydrogens (tertiary/aromatic N) is 2. The molecule has 0 radical (unpaired) electrons. The van der Waals surface area contributed by atoms with Crippen molar-refractivity contribution < 1.29 is 9.53 Å². The van der Waals surface area contributed by atoms with E-state index in [1.54, 1.807) is 4.90 Å². The van der Waals surface area contributed by atoms with Crippen molar-refractivity contribution in [1.29, 1.82) is 0 Å². The number of carbonyl (C=O) groups is 1. The Balaban J connectivity index is 2.31. The number of pyridine rings is 1. The van der Waals surface area contributed by atoms with Crippen LogP contribution in [0.25, 0.3) is 0 Å². The van der Waals surface area contributed by atoms with Crippen molar-refractivity contribution in [3.63, 3.8) is 0 Å². The molecule has 0 N–H and O–H groups in total. The van der Waals surface area contributed by atoms with E-state index in [4.69, 9.17) is 4.74 Å². The summed E-state index contributed by atoms with van der Waals surface area (Å²) < 4.78 is 5.97. The zero-order valence-electron chi connectivity index (χ0n) is 9.02. The summed E-state index contributed by atoms with van der Waals surface area (Å²) in [5.74, 6) is 0.665. The number of amides is 1. The van der Waals surface area contributed by atoms with Gasteiger partial charge in [0.05, 0.1) is 12.6 Å². The van der Waals surface area contributed by atoms with Gasteiger partial charge in [-0.1, -0.05) is 13.0 Å². The van der Waals surface area contributed by atoms with Crippen LogP contribution in [0.5, 0.6) is 0 Å². The van der Waals surface area contributed by atoms with Crippen LogP contribution >= 0.6 is 15.9 Å². The lowest BCUT2D eigenvalue weighted by Crippen LogP contribution is -2.49. The molecule has 5 heteroatoms. The van der Waals surface area contributed by atoms with Crippen LogP contribution in [-0.2, 0) is 9.53 Å². The van der Waals surface area contributed by atoms with Crippen molar-refractivity contribution in [2.24, 2.45) is 0 Å². The number of halogens is 1. The summed E-state index contributed by atoms with van der Waals surface area (Å²) in [6.45, 7) is 2.76. The second-order valence-corrected chi connectivity index (χ2v) is 4.47. The molecule has 1 aromatic rings. The van der Waals surface area contributed by atoms with Gasteiger partial charge in [0.25, 0.3) is 5.91 Å². The van der Waals surface area contributed by atoms with Crippen molar-refractivity contribution in [1.82, 2.24) is 4.98 Å². The average Bonchev–Trinajstić information content (AvgIpc) is 2.28. The maximum atomic E-state index is 11.8. The number of aromatic nitrogens is 1. The number of morpholine rings is 1. The Bertz CT molecular complexity index is 397. The predicted molar refractivity (Wildman–Crippen MR) is 64.3 cm³/mol. The maximum Gasteiger partial charge on any atom is 0.254 e. The Kier molecular flexibility index (Phi) is 3.56. The Morgan fingerprint density at radius 2 is 2.44 bits per heavy atom. The van der Waals surface area contributed by atoms with Crippen LogP contribution in [0.2, 0.25) is 0 Å². The van der Waals surface area contributed by atoms with Gasteiger partial charge in [-0.2, -0.15) is 0 Å². The van der Waals surface area contributed by atoms with Gasteiger partial charge >= 0.3 is 0 Å². The lowest BCUT2D eigenvalue weighted by atomic mass is 10.1. The molecule has 1 saturated heterocycles. The maximum absolute atomic E-state index is 11.8. The zero-order chi connectivity index (χ0) is 11.5. The van der Waals surface area contributed by atoms with Crippen LogP contribution in [0, 0.1) is 0 Å². The summed E-state index contributed by atoms with van der Waals surface area (Å²) in [5, 5.41) is 0. The molecule has 1 amide bonds. The van der Waals surface area contributed by atoms with Gasteiger partial charge < -0.3 is 4.74 Å². The highest BCUT2D eigenvalue weighted by Gasteiger charge is 2.29. The van der Waals surface area contributed by atoms with Gasteiger partial charge in [-0.3, -0.25) is 9.69 Å². The highest BCUT2D eigenvalue weighted by Crippen LogP contribution is 2.21. The van der Waals surface area contributed by atoms with Gasteiger partial charge in [0.1, 0.15) is 17.0 Å². The van der Waals surface area contributed by atoms with Gasteiger partial charge in [0.2, 0.25) is 0 Å². The summed E-state index contributed by atoms with van der Waals surface area (Å²) in [4.78, 5) is 17.9. The number of hydrogen-bond donors (Lipinski definition) is 0. The van der Waals surface area contributed by atoms with Crippen LogP contribution in [0.3, 0.4) is 0 Å². The van der Waals surface area contributed by atoms with Crippen LogP contribution in [0.4, 0.5) is 5.82 Å². The minimum atomic E-state index is -0.0244. The van der Waals surface area contributed by atoms with Crippen molar-refractivity contribution in [2.75, 3.05) is 18.1 Å². The molecule has 4 nitrogen and oxygen atoms in total. The van der Waals surface area contributed by atoms with E-state index in [1.807, 2.05) is 25.1 Å². The first-order valence-electron chi connectivity index (χ1n) is 5.24. The minimum Gasteiger partial charge on any atom is -0.369 e. The molecule has 0 aliphatic carbocycles. The number of ether oxygens (including phenoxy) is 1. The molecule has 86 valence electrons. The van der Waals surface area contributed by atoms with Crippen molar-refractivity contribution in [2.45, 2.75) is 19.4 Å². The first-order chi connectivity index (χ1) is 7.72. The Morgan fingerprint density at radius 1 is 1.62 bits per heavy atom. The first-order valence-corrected chi connectivity index (χ1v) is 6.04. The average molecular weight is 285 g/mol. The fraction of sp³-hybridized carbons (Fsp3) is 0.455. The molecule has 2 rings (SSSR count). The first kappa shape index (κ1) is 11.5. The molecular formula is C11H13BrN2O2. The second kappa shape index (κ2) is 4.93. The molecule has 0 spiro atoms. The molecule has 1 aliphatic rings. The third kappa shape index (κ3) is 2.25. The largest absolute Gasteiger partial charge is 0.369 e. The van der Waals surface area contributed by atoms with E-state index in [1.165, 1.54) is 0 Å². The summed E-state index contributed by atoms with van der Waals surface area (Å²) in [7, 11) is 0. The predicted octanol–water partition coefficient (Wildman–Crippen LogP) is 1.99. The standard InChI is InChI=1S/C11H13BrN2O2/c1-2-8-6-16-7-11(15)14(8)10-5-3-4-9(12)13-10/h3-5,8H,2,6-7H2,1H3. The van der Waals surface area contributed by atoms with Crippen LogP contribution in [0.15, 0.2) is 22.8 Å². The van der Waals surface area contributed by atoms with E-state index in [2.05, 4.69) is 20.9 Å². The van der Waals surface area contributed by atoms with Gasteiger partial charge in [-0.05, 0) is 34.5 Å². The molecular weight excluding hydrogens is 272 g/mol. The SMILES string of the molecule is CCC1COCC(=O)N1c1cccc(Br)n1. The third-order valence-corrected chi connectivity index (χ3v) is 3.03. The Morgan fingerprint density at radius 3 is 3.12 bits per heavy atom. The van der Waals surface area contributed by atoms with Crippen LogP contribution in [0.1, 0.15) is 13.3 Å². The summed E-state index contributed by atoms with van der Waals surface area (Å²) in [6, 6.07) is 5.65. The molecule has 1 aliphatic heterocycles. The fourth-order valence-electron chi connectivity index (χ4n) is 1.78. The monoisotopic (exact) mass is 284 g/mol. The molecule has 0 bridgehead atoms. The topological polar surface area (TPSA) is 42.4 Å². The smallest absolute Gasteiger partial charge is 0.254 e. The molecule has 2 heterocycles. The quantitative estimate of drug-likeness (QED) is 0.780. The van der Waals surface area contributed by atoms with Gasteiger partial charge in [-0.25, -0.2) is 4.98 Å². The lowest BCUT2D eigenvalue weighted by Gasteiger charge is -2.34. The van der Waals surface area contributed by atoms with E-state index in [0.717, 1.165) is 11.0 Å². The molecule has 0 aromatic carbocycles. The third-order valence-electron chi connectivity index (χ3n) is 2.59. The van der Waals surface area contributed by atoms with Gasteiger partial charge in [0.15, 0.2) is 0 Å². The normalized spacial score (nSPS) is 21.2. The molecule has 1 fully saturated rings. The second-order valence-electron chi connectivity index (χ2n) is 3.66. The van der Waals surface area contributed by atoms with E-state index < -0.39 is 0 Å². The van der Waals surface area contributed by atoms with Crippen LogP contribution in [-0.4, -0.2) is 30.1 Å². The van der Waals surface area contributed by atoms with Crippen molar-refractivity contribution in [3.05, 3.63) is 22.8 Å². The van der Waals surface area contributed by atoms with E-state index >= 15 is 0 Å². The zero-order valence-corrected chi connectivity index (χ0v) is 10.6. The van der Waals surface area contributed by atoms with Gasteiger partial charge in [-0.15, -0.1) is 0 Å². The number of hydrogen-bond acceptors (Lipinski definition) is 3. The van der Waals surface area contributed by atoms with Gasteiger partial charge in [0, 0.05) is 0 Å². The van der Waals surface area contributed by atoms with Crippen LogP contribution < -0.4 is 4.90 Å². The summed E-state index contributed by atoms with van der Waals surface area (Å²) >= 11 is 3.31. The molecule has 1 atom stereocenters. The molecule has 1 unspecified atom stereocenters. The fourth-order valence-corrected chi connectivity index (χ4v) is 2.11. The number of carbonyl (C=O) groups excluding carboxylic acids is 1. The molecule has 0 saturated carbocycles. The van der Waals surface area contributed by atoms with Crippen molar-refractivity contribution >= 4 is 27.7 Å². The summed E-state index contributed by atoms with van der Waals surface area (Å²) in [6.07, 6.45) is 0.861. The van der Waals surface area contributed by atoms with E-state index in [-0.39, 0.29) is 18.6 Å². The van der Waals surface area contributed by atoms with E-state index in [0.29, 0.717) is 12.4 Å². The Hall–Kier alpha value is -0.940. The number of anilines is 1. The minimum absolute atomic E-state index is 0.0244.